The number of alkyl halides is 6. The number of thioether (sulfide) groups is 1. The molecule has 32 heavy (non-hydrogen) atoms. The Morgan fingerprint density at radius 2 is 1.53 bits per heavy atom. The van der Waals surface area contributed by atoms with Crippen LogP contribution in [0.5, 0.6) is 0 Å². The van der Waals surface area contributed by atoms with Gasteiger partial charge in [0, 0.05) is 11.3 Å². The third kappa shape index (κ3) is 6.00. The molecule has 2 aromatic carbocycles. The number of benzene rings is 2. The van der Waals surface area contributed by atoms with Crippen LogP contribution in [0.1, 0.15) is 18.2 Å². The molecule has 0 spiro atoms. The zero-order valence-corrected chi connectivity index (χ0v) is 17.1. The van der Waals surface area contributed by atoms with E-state index in [4.69, 9.17) is 0 Å². The summed E-state index contributed by atoms with van der Waals surface area (Å²) in [6.45, 7) is 1.43. The number of carbonyl (C=O) groups is 1. The van der Waals surface area contributed by atoms with Gasteiger partial charge < -0.3 is 5.32 Å². The molecule has 3 aromatic rings. The molecule has 0 bridgehead atoms. The summed E-state index contributed by atoms with van der Waals surface area (Å²) in [5, 5.41) is 1.24. The predicted molar refractivity (Wildman–Crippen MR) is 108 cm³/mol. The van der Waals surface area contributed by atoms with Gasteiger partial charge in [0.15, 0.2) is 5.16 Å². The van der Waals surface area contributed by atoms with Crippen LogP contribution in [0.2, 0.25) is 0 Å². The number of nitrogens with one attached hydrogen (secondary N) is 1. The minimum Gasteiger partial charge on any atom is -0.325 e. The molecule has 0 aliphatic rings. The minimum absolute atomic E-state index is 0.0470. The predicted octanol–water partition coefficient (Wildman–Crippen LogP) is 6.30. The van der Waals surface area contributed by atoms with E-state index in [2.05, 4.69) is 15.3 Å². The molecule has 3 rings (SSSR count). The van der Waals surface area contributed by atoms with Crippen LogP contribution in [-0.2, 0) is 17.1 Å². The highest BCUT2D eigenvalue weighted by molar-refractivity contribution is 8.00. The Labute approximate surface area is 183 Å². The lowest BCUT2D eigenvalue weighted by molar-refractivity contribution is -0.141. The van der Waals surface area contributed by atoms with Crippen LogP contribution < -0.4 is 5.32 Å². The van der Waals surface area contributed by atoms with Crippen LogP contribution in [0.25, 0.3) is 11.3 Å². The SMILES string of the molecule is CC(Sc1nc(-c2ccccc2)cc(C(F)(F)F)n1)C(=O)Nc1ccc(C(F)(F)F)cc1. The van der Waals surface area contributed by atoms with Gasteiger partial charge in [0.2, 0.25) is 5.91 Å². The number of aromatic nitrogens is 2. The normalized spacial score (nSPS) is 13.0. The molecule has 4 nitrogen and oxygen atoms in total. The lowest BCUT2D eigenvalue weighted by Gasteiger charge is -2.14. The van der Waals surface area contributed by atoms with Crippen molar-refractivity contribution in [3.63, 3.8) is 0 Å². The first-order chi connectivity index (χ1) is 14.9. The van der Waals surface area contributed by atoms with Gasteiger partial charge in [0.25, 0.3) is 0 Å². The first kappa shape index (κ1) is 23.6. The van der Waals surface area contributed by atoms with Gasteiger partial charge in [-0.3, -0.25) is 4.79 Å². The average molecular weight is 471 g/mol. The smallest absolute Gasteiger partial charge is 0.325 e. The number of halogens is 6. The Hall–Kier alpha value is -3.08. The first-order valence-corrected chi connectivity index (χ1v) is 9.98. The van der Waals surface area contributed by atoms with Crippen LogP contribution in [0, 0.1) is 0 Å². The molecule has 1 N–H and O–H groups in total. The molecular formula is C21H15F6N3OS. The summed E-state index contributed by atoms with van der Waals surface area (Å²) in [6.07, 6.45) is -9.23. The van der Waals surface area contributed by atoms with Gasteiger partial charge in [-0.2, -0.15) is 26.3 Å². The minimum atomic E-state index is -4.71. The van der Waals surface area contributed by atoms with Gasteiger partial charge >= 0.3 is 12.4 Å². The van der Waals surface area contributed by atoms with Crippen molar-refractivity contribution in [1.82, 2.24) is 9.97 Å². The maximum absolute atomic E-state index is 13.3. The number of amides is 1. The van der Waals surface area contributed by atoms with Crippen molar-refractivity contribution < 1.29 is 31.1 Å². The molecule has 1 heterocycles. The Balaban J connectivity index is 1.79. The molecule has 1 aromatic heterocycles. The summed E-state index contributed by atoms with van der Waals surface area (Å²) < 4.78 is 77.8. The van der Waals surface area contributed by atoms with Crippen molar-refractivity contribution in [2.75, 3.05) is 5.32 Å². The van der Waals surface area contributed by atoms with Crippen molar-refractivity contribution in [2.24, 2.45) is 0 Å². The fourth-order valence-corrected chi connectivity index (χ4v) is 3.36. The Kier molecular flexibility index (Phi) is 6.77. The highest BCUT2D eigenvalue weighted by Gasteiger charge is 2.34. The Morgan fingerprint density at radius 3 is 2.09 bits per heavy atom. The molecular weight excluding hydrogens is 456 g/mol. The molecule has 0 saturated carbocycles. The zero-order valence-electron chi connectivity index (χ0n) is 16.3. The first-order valence-electron chi connectivity index (χ1n) is 9.10. The molecule has 0 fully saturated rings. The van der Waals surface area contributed by atoms with Gasteiger partial charge in [0.05, 0.1) is 16.5 Å². The molecule has 1 unspecified atom stereocenters. The lowest BCUT2D eigenvalue weighted by Crippen LogP contribution is -2.23. The molecule has 0 radical (unpaired) electrons. The van der Waals surface area contributed by atoms with E-state index in [1.54, 1.807) is 30.3 Å². The van der Waals surface area contributed by atoms with E-state index < -0.39 is 34.8 Å². The Bertz CT molecular complexity index is 1090. The van der Waals surface area contributed by atoms with Crippen LogP contribution in [-0.4, -0.2) is 21.1 Å². The fourth-order valence-electron chi connectivity index (χ4n) is 2.58. The number of hydrogen-bond acceptors (Lipinski definition) is 4. The summed E-state index contributed by atoms with van der Waals surface area (Å²) in [5.74, 6) is -0.628. The number of nitrogens with zero attached hydrogens (tertiary/aromatic N) is 2. The van der Waals surface area contributed by atoms with Crippen LogP contribution >= 0.6 is 11.8 Å². The van der Waals surface area contributed by atoms with Gasteiger partial charge in [-0.1, -0.05) is 42.1 Å². The number of carbonyl (C=O) groups excluding carboxylic acids is 1. The van der Waals surface area contributed by atoms with Crippen LogP contribution in [0.15, 0.2) is 65.8 Å². The Morgan fingerprint density at radius 1 is 0.906 bits per heavy atom. The number of hydrogen-bond donors (Lipinski definition) is 1. The topological polar surface area (TPSA) is 54.9 Å². The number of rotatable bonds is 5. The maximum atomic E-state index is 13.3. The summed E-state index contributed by atoms with van der Waals surface area (Å²) in [7, 11) is 0. The van der Waals surface area contributed by atoms with Crippen molar-refractivity contribution in [1.29, 1.82) is 0 Å². The van der Waals surface area contributed by atoms with Crippen molar-refractivity contribution in [2.45, 2.75) is 29.7 Å². The van der Waals surface area contributed by atoms with E-state index in [1.165, 1.54) is 6.92 Å². The van der Waals surface area contributed by atoms with Gasteiger partial charge in [-0.25, -0.2) is 9.97 Å². The quantitative estimate of drug-likeness (QED) is 0.270. The van der Waals surface area contributed by atoms with Gasteiger partial charge in [0.1, 0.15) is 5.69 Å². The molecule has 0 saturated heterocycles. The second-order valence-corrected chi connectivity index (χ2v) is 7.92. The fraction of sp³-hybridized carbons (Fsp3) is 0.190. The molecule has 11 heteroatoms. The van der Waals surface area contributed by atoms with E-state index in [0.29, 0.717) is 17.3 Å². The van der Waals surface area contributed by atoms with E-state index in [0.717, 1.165) is 30.3 Å². The van der Waals surface area contributed by atoms with Crippen molar-refractivity contribution in [3.05, 3.63) is 71.9 Å². The molecule has 0 aliphatic carbocycles. The summed E-state index contributed by atoms with van der Waals surface area (Å²) >= 11 is 0.703. The highest BCUT2D eigenvalue weighted by atomic mass is 32.2. The average Bonchev–Trinajstić information content (AvgIpc) is 2.73. The molecule has 168 valence electrons. The van der Waals surface area contributed by atoms with E-state index in [9.17, 15) is 31.1 Å². The molecule has 0 aliphatic heterocycles. The molecule has 1 atom stereocenters. The zero-order chi connectivity index (χ0) is 23.5. The van der Waals surface area contributed by atoms with Crippen LogP contribution in [0.3, 0.4) is 0 Å². The van der Waals surface area contributed by atoms with Crippen molar-refractivity contribution >= 4 is 23.4 Å². The monoisotopic (exact) mass is 471 g/mol. The molecule has 1 amide bonds. The third-order valence-electron chi connectivity index (χ3n) is 4.20. The van der Waals surface area contributed by atoms with Crippen LogP contribution in [0.4, 0.5) is 32.0 Å². The van der Waals surface area contributed by atoms with Gasteiger partial charge in [-0.15, -0.1) is 0 Å². The summed E-state index contributed by atoms with van der Waals surface area (Å²) in [6, 6.07) is 12.8. The second kappa shape index (κ2) is 9.19. The second-order valence-electron chi connectivity index (χ2n) is 6.61. The summed E-state index contributed by atoms with van der Waals surface area (Å²) in [5.41, 5.74) is -1.41. The van der Waals surface area contributed by atoms with E-state index in [-0.39, 0.29) is 16.5 Å². The maximum Gasteiger partial charge on any atom is 0.433 e. The van der Waals surface area contributed by atoms with Gasteiger partial charge in [-0.05, 0) is 37.3 Å². The highest BCUT2D eigenvalue weighted by Crippen LogP contribution is 2.33. The number of anilines is 1. The standard InChI is InChI=1S/C21H15F6N3OS/c1-12(18(31)28-15-9-7-14(8-10-15)20(22,23)24)32-19-29-16(13-5-3-2-4-6-13)11-17(30-19)21(25,26)27/h2-12H,1H3,(H,28,31). The lowest BCUT2D eigenvalue weighted by atomic mass is 10.1. The third-order valence-corrected chi connectivity index (χ3v) is 5.16. The van der Waals surface area contributed by atoms with Crippen molar-refractivity contribution in [3.8, 4) is 11.3 Å². The van der Waals surface area contributed by atoms with E-state index >= 15 is 0 Å². The summed E-state index contributed by atoms with van der Waals surface area (Å²) in [4.78, 5) is 20.1. The van der Waals surface area contributed by atoms with E-state index in [1.807, 2.05) is 0 Å². The largest absolute Gasteiger partial charge is 0.433 e.